The van der Waals surface area contributed by atoms with E-state index < -0.39 is 0 Å². The van der Waals surface area contributed by atoms with Crippen molar-refractivity contribution < 1.29 is 0 Å². The van der Waals surface area contributed by atoms with E-state index in [0.29, 0.717) is 5.25 Å². The van der Waals surface area contributed by atoms with Gasteiger partial charge >= 0.3 is 0 Å². The topological polar surface area (TPSA) is 0 Å². The van der Waals surface area contributed by atoms with Gasteiger partial charge in [0.1, 0.15) is 0 Å². The molecular weight excluding hydrogens is 244 g/mol. The molecule has 13 heavy (non-hydrogen) atoms. The molecule has 1 rings (SSSR count). The van der Waals surface area contributed by atoms with Crippen molar-refractivity contribution in [2.24, 2.45) is 0 Å². The molecule has 2 heteroatoms. The minimum absolute atomic E-state index is 0.542. The van der Waals surface area contributed by atoms with Crippen molar-refractivity contribution >= 4 is 27.7 Å². The Kier molecular flexibility index (Phi) is 5.25. The minimum atomic E-state index is 0.542. The second kappa shape index (κ2) is 6.28. The molecule has 0 saturated carbocycles. The molecular formula is C11H13BrS. The van der Waals surface area contributed by atoms with Crippen LogP contribution in [0, 0.1) is 0 Å². The molecule has 0 N–H and O–H groups in total. The van der Waals surface area contributed by atoms with Crippen LogP contribution in [-0.2, 0) is 0 Å². The number of thioether (sulfide) groups is 1. The van der Waals surface area contributed by atoms with Crippen molar-refractivity contribution in [2.75, 3.05) is 5.33 Å². The Morgan fingerprint density at radius 3 is 2.69 bits per heavy atom. The van der Waals surface area contributed by atoms with E-state index in [1.54, 1.807) is 0 Å². The molecule has 0 nitrogen and oxygen atoms in total. The van der Waals surface area contributed by atoms with Gasteiger partial charge < -0.3 is 0 Å². The molecule has 0 fully saturated rings. The molecule has 0 aromatic heterocycles. The van der Waals surface area contributed by atoms with Gasteiger partial charge in [-0.15, -0.1) is 11.8 Å². The summed E-state index contributed by atoms with van der Waals surface area (Å²) < 4.78 is 0. The van der Waals surface area contributed by atoms with Gasteiger partial charge in [-0.05, 0) is 19.1 Å². The minimum Gasteiger partial charge on any atom is -0.119 e. The fraction of sp³-hybridized carbons (Fsp3) is 0.273. The summed E-state index contributed by atoms with van der Waals surface area (Å²) in [5.41, 5.74) is 0. The number of benzene rings is 1. The molecule has 0 spiro atoms. The maximum atomic E-state index is 3.37. The van der Waals surface area contributed by atoms with Crippen molar-refractivity contribution in [1.29, 1.82) is 0 Å². The fourth-order valence-corrected chi connectivity index (χ4v) is 2.15. The third-order valence-corrected chi connectivity index (χ3v) is 3.01. The molecule has 0 heterocycles. The Balaban J connectivity index is 2.45. The summed E-state index contributed by atoms with van der Waals surface area (Å²) >= 11 is 5.24. The zero-order valence-corrected chi connectivity index (χ0v) is 10.0. The largest absolute Gasteiger partial charge is 0.119 e. The van der Waals surface area contributed by atoms with Crippen molar-refractivity contribution in [1.82, 2.24) is 0 Å². The van der Waals surface area contributed by atoms with E-state index in [2.05, 4.69) is 59.3 Å². The van der Waals surface area contributed by atoms with E-state index in [4.69, 9.17) is 0 Å². The van der Waals surface area contributed by atoms with Gasteiger partial charge in [0.05, 0.1) is 0 Å². The maximum absolute atomic E-state index is 3.37. The zero-order valence-electron chi connectivity index (χ0n) is 7.61. The molecule has 0 aliphatic rings. The van der Waals surface area contributed by atoms with Crippen molar-refractivity contribution in [3.8, 4) is 0 Å². The Bertz CT molecular complexity index is 256. The van der Waals surface area contributed by atoms with E-state index in [0.717, 1.165) is 5.33 Å². The second-order valence-corrected chi connectivity index (χ2v) is 4.82. The van der Waals surface area contributed by atoms with E-state index in [-0.39, 0.29) is 0 Å². The molecule has 0 amide bonds. The molecule has 1 aromatic rings. The van der Waals surface area contributed by atoms with Crippen LogP contribution in [0.2, 0.25) is 0 Å². The van der Waals surface area contributed by atoms with Crippen LogP contribution in [-0.4, -0.2) is 10.6 Å². The summed E-state index contributed by atoms with van der Waals surface area (Å²) in [7, 11) is 0. The van der Waals surface area contributed by atoms with Crippen LogP contribution in [0.4, 0.5) is 0 Å². The van der Waals surface area contributed by atoms with Gasteiger partial charge in [0, 0.05) is 15.5 Å². The number of alkyl halides is 1. The lowest BCUT2D eigenvalue weighted by atomic mass is 10.4. The summed E-state index contributed by atoms with van der Waals surface area (Å²) in [6.07, 6.45) is 4.35. The molecule has 0 bridgehead atoms. The predicted octanol–water partition coefficient (Wildman–Crippen LogP) is 4.12. The summed E-state index contributed by atoms with van der Waals surface area (Å²) in [5.74, 6) is 0. The fourth-order valence-electron chi connectivity index (χ4n) is 0.996. The van der Waals surface area contributed by atoms with E-state index >= 15 is 0 Å². The first-order valence-electron chi connectivity index (χ1n) is 4.27. The summed E-state index contributed by atoms with van der Waals surface area (Å²) in [5, 5.41) is 1.48. The van der Waals surface area contributed by atoms with Gasteiger partial charge in [-0.2, -0.15) is 0 Å². The highest BCUT2D eigenvalue weighted by atomic mass is 79.9. The van der Waals surface area contributed by atoms with Crippen molar-refractivity contribution in [3.63, 3.8) is 0 Å². The van der Waals surface area contributed by atoms with E-state index in [1.807, 2.05) is 17.8 Å². The summed E-state index contributed by atoms with van der Waals surface area (Å²) in [4.78, 5) is 1.33. The molecule has 0 aliphatic carbocycles. The molecule has 0 aliphatic heterocycles. The van der Waals surface area contributed by atoms with Crippen LogP contribution in [0.5, 0.6) is 0 Å². The standard InChI is InChI=1S/C11H13BrS/c1-10(6-5-9-12)13-11-7-3-2-4-8-11/h2-8,10H,9H2,1H3/b6-5+/t10-/m1/s1. The normalized spacial score (nSPS) is 13.4. The van der Waals surface area contributed by atoms with Crippen LogP contribution >= 0.6 is 27.7 Å². The van der Waals surface area contributed by atoms with Crippen LogP contribution < -0.4 is 0 Å². The Labute approximate surface area is 92.6 Å². The zero-order chi connectivity index (χ0) is 9.52. The quantitative estimate of drug-likeness (QED) is 0.444. The predicted molar refractivity (Wildman–Crippen MR) is 64.7 cm³/mol. The van der Waals surface area contributed by atoms with Crippen LogP contribution in [0.3, 0.4) is 0 Å². The smallest absolute Gasteiger partial charge is 0.0246 e. The highest BCUT2D eigenvalue weighted by molar-refractivity contribution is 9.09. The van der Waals surface area contributed by atoms with Gasteiger partial charge in [0.25, 0.3) is 0 Å². The summed E-state index contributed by atoms with van der Waals surface area (Å²) in [6.45, 7) is 2.21. The first-order valence-corrected chi connectivity index (χ1v) is 6.27. The third-order valence-electron chi connectivity index (χ3n) is 1.56. The van der Waals surface area contributed by atoms with Gasteiger partial charge in [-0.3, -0.25) is 0 Å². The number of hydrogen-bond donors (Lipinski definition) is 0. The van der Waals surface area contributed by atoms with E-state index in [1.165, 1.54) is 4.90 Å². The number of hydrogen-bond acceptors (Lipinski definition) is 1. The van der Waals surface area contributed by atoms with Gasteiger partial charge in [-0.25, -0.2) is 0 Å². The molecule has 1 aromatic carbocycles. The Morgan fingerprint density at radius 2 is 2.08 bits per heavy atom. The lowest BCUT2D eigenvalue weighted by Gasteiger charge is -2.04. The first kappa shape index (κ1) is 10.9. The van der Waals surface area contributed by atoms with Crippen molar-refractivity contribution in [2.45, 2.75) is 17.1 Å². The average Bonchev–Trinajstić information content (AvgIpc) is 2.16. The average molecular weight is 257 g/mol. The number of halogens is 1. The maximum Gasteiger partial charge on any atom is 0.0246 e. The van der Waals surface area contributed by atoms with E-state index in [9.17, 15) is 0 Å². The highest BCUT2D eigenvalue weighted by Crippen LogP contribution is 2.23. The lowest BCUT2D eigenvalue weighted by Crippen LogP contribution is -1.88. The third kappa shape index (κ3) is 4.53. The number of allylic oxidation sites excluding steroid dienone is 1. The monoisotopic (exact) mass is 256 g/mol. The molecule has 0 unspecified atom stereocenters. The van der Waals surface area contributed by atoms with Crippen LogP contribution in [0.1, 0.15) is 6.92 Å². The SMILES string of the molecule is C[C@H](/C=C/CBr)Sc1ccccc1. The van der Waals surface area contributed by atoms with Crippen LogP contribution in [0.25, 0.3) is 0 Å². The van der Waals surface area contributed by atoms with Gasteiger partial charge in [-0.1, -0.05) is 46.3 Å². The Morgan fingerprint density at radius 1 is 1.38 bits per heavy atom. The van der Waals surface area contributed by atoms with Gasteiger partial charge in [0.15, 0.2) is 0 Å². The Hall–Kier alpha value is -0.210. The van der Waals surface area contributed by atoms with Crippen molar-refractivity contribution in [3.05, 3.63) is 42.5 Å². The first-order chi connectivity index (χ1) is 6.33. The van der Waals surface area contributed by atoms with Crippen LogP contribution in [0.15, 0.2) is 47.4 Å². The lowest BCUT2D eigenvalue weighted by molar-refractivity contribution is 1.23. The molecule has 0 radical (unpaired) electrons. The van der Waals surface area contributed by atoms with Gasteiger partial charge in [0.2, 0.25) is 0 Å². The molecule has 70 valence electrons. The number of rotatable bonds is 4. The molecule has 0 saturated heterocycles. The second-order valence-electron chi connectivity index (χ2n) is 2.72. The summed E-state index contributed by atoms with van der Waals surface area (Å²) in [6, 6.07) is 10.5. The highest BCUT2D eigenvalue weighted by Gasteiger charge is 1.98. The molecule has 1 atom stereocenters.